The molecule has 0 N–H and O–H groups in total. The number of hydrogen-bond donors (Lipinski definition) is 0. The van der Waals surface area contributed by atoms with E-state index in [-0.39, 0.29) is 6.61 Å². The third-order valence-electron chi connectivity index (χ3n) is 2.37. The molecule has 0 fully saturated rings. The van der Waals surface area contributed by atoms with Gasteiger partial charge in [-0.3, -0.25) is 0 Å². The number of nitriles is 1. The first kappa shape index (κ1) is 12.1. The van der Waals surface area contributed by atoms with E-state index in [1.54, 1.807) is 24.3 Å². The van der Waals surface area contributed by atoms with Crippen LogP contribution in [-0.2, 0) is 6.61 Å². The van der Waals surface area contributed by atoms with Crippen molar-refractivity contribution in [3.63, 3.8) is 0 Å². The van der Waals surface area contributed by atoms with Crippen LogP contribution in [0.15, 0.2) is 42.5 Å². The molecule has 2 aromatic rings. The standard InChI is InChI=1S/C14H9F2NO/c15-13-6-3-11(7-14(13)16)9-18-12-4-1-10(8-17)2-5-12/h1-7H,9H2. The molecule has 0 aromatic heterocycles. The minimum Gasteiger partial charge on any atom is -0.489 e. The van der Waals surface area contributed by atoms with Crippen molar-refractivity contribution >= 4 is 0 Å². The van der Waals surface area contributed by atoms with E-state index >= 15 is 0 Å². The van der Waals surface area contributed by atoms with Crippen molar-refractivity contribution in [2.45, 2.75) is 6.61 Å². The van der Waals surface area contributed by atoms with Gasteiger partial charge in [-0.25, -0.2) is 8.78 Å². The van der Waals surface area contributed by atoms with Crippen LogP contribution < -0.4 is 4.74 Å². The van der Waals surface area contributed by atoms with Gasteiger partial charge in [0.05, 0.1) is 11.6 Å². The Morgan fingerprint density at radius 1 is 1.00 bits per heavy atom. The first-order valence-electron chi connectivity index (χ1n) is 5.26. The number of ether oxygens (including phenoxy) is 1. The van der Waals surface area contributed by atoms with Crippen LogP contribution in [0.4, 0.5) is 8.78 Å². The summed E-state index contributed by atoms with van der Waals surface area (Å²) in [7, 11) is 0. The van der Waals surface area contributed by atoms with Crippen LogP contribution in [0.5, 0.6) is 5.75 Å². The highest BCUT2D eigenvalue weighted by Crippen LogP contribution is 2.15. The van der Waals surface area contributed by atoms with Crippen LogP contribution in [0.1, 0.15) is 11.1 Å². The molecule has 0 radical (unpaired) electrons. The van der Waals surface area contributed by atoms with Gasteiger partial charge >= 0.3 is 0 Å². The van der Waals surface area contributed by atoms with Crippen molar-refractivity contribution in [2.75, 3.05) is 0 Å². The van der Waals surface area contributed by atoms with Crippen LogP contribution >= 0.6 is 0 Å². The molecule has 0 heterocycles. The predicted octanol–water partition coefficient (Wildman–Crippen LogP) is 3.42. The lowest BCUT2D eigenvalue weighted by molar-refractivity contribution is 0.305. The van der Waals surface area contributed by atoms with Gasteiger partial charge in [-0.1, -0.05) is 6.07 Å². The molecule has 2 rings (SSSR count). The predicted molar refractivity (Wildman–Crippen MR) is 61.8 cm³/mol. The van der Waals surface area contributed by atoms with E-state index in [2.05, 4.69) is 0 Å². The van der Waals surface area contributed by atoms with Gasteiger partial charge in [0.25, 0.3) is 0 Å². The Labute approximate surface area is 103 Å². The molecule has 0 spiro atoms. The summed E-state index contributed by atoms with van der Waals surface area (Å²) in [6.45, 7) is 0.142. The lowest BCUT2D eigenvalue weighted by atomic mass is 10.2. The maximum absolute atomic E-state index is 12.9. The lowest BCUT2D eigenvalue weighted by Gasteiger charge is -2.06. The van der Waals surface area contributed by atoms with E-state index in [1.165, 1.54) is 6.07 Å². The van der Waals surface area contributed by atoms with Crippen molar-refractivity contribution in [1.82, 2.24) is 0 Å². The maximum Gasteiger partial charge on any atom is 0.159 e. The second-order valence-corrected chi connectivity index (χ2v) is 3.67. The third kappa shape index (κ3) is 2.83. The van der Waals surface area contributed by atoms with Crippen LogP contribution in [0.3, 0.4) is 0 Å². The van der Waals surface area contributed by atoms with E-state index in [1.807, 2.05) is 6.07 Å². The first-order chi connectivity index (χ1) is 8.69. The number of rotatable bonds is 3. The average molecular weight is 245 g/mol. The molecule has 4 heteroatoms. The summed E-state index contributed by atoms with van der Waals surface area (Å²) in [6.07, 6.45) is 0. The second-order valence-electron chi connectivity index (χ2n) is 3.67. The minimum atomic E-state index is -0.893. The quantitative estimate of drug-likeness (QED) is 0.830. The van der Waals surface area contributed by atoms with E-state index in [0.717, 1.165) is 12.1 Å². The maximum atomic E-state index is 12.9. The number of nitrogens with zero attached hydrogens (tertiary/aromatic N) is 1. The Kier molecular flexibility index (Phi) is 3.54. The molecule has 2 aromatic carbocycles. The Hall–Kier alpha value is -2.41. The molecule has 0 bridgehead atoms. The third-order valence-corrected chi connectivity index (χ3v) is 2.37. The SMILES string of the molecule is N#Cc1ccc(OCc2ccc(F)c(F)c2)cc1. The van der Waals surface area contributed by atoms with Crippen molar-refractivity contribution in [3.05, 3.63) is 65.2 Å². The van der Waals surface area contributed by atoms with Gasteiger partial charge in [0.2, 0.25) is 0 Å². The topological polar surface area (TPSA) is 33.0 Å². The molecule has 0 unspecified atom stereocenters. The summed E-state index contributed by atoms with van der Waals surface area (Å²) in [5.74, 6) is -1.20. The van der Waals surface area contributed by atoms with Gasteiger partial charge < -0.3 is 4.74 Å². The van der Waals surface area contributed by atoms with Crippen LogP contribution in [0.25, 0.3) is 0 Å². The van der Waals surface area contributed by atoms with Gasteiger partial charge in [0.1, 0.15) is 12.4 Å². The smallest absolute Gasteiger partial charge is 0.159 e. The Bertz CT molecular complexity index is 588. The molecule has 2 nitrogen and oxygen atoms in total. The van der Waals surface area contributed by atoms with Crippen molar-refractivity contribution in [1.29, 1.82) is 5.26 Å². The average Bonchev–Trinajstić information content (AvgIpc) is 2.41. The summed E-state index contributed by atoms with van der Waals surface area (Å²) in [4.78, 5) is 0. The Morgan fingerprint density at radius 2 is 1.72 bits per heavy atom. The fourth-order valence-corrected chi connectivity index (χ4v) is 1.42. The summed E-state index contributed by atoms with van der Waals surface area (Å²) < 4.78 is 31.0. The zero-order valence-electron chi connectivity index (χ0n) is 9.36. The molecular formula is C14H9F2NO. The molecule has 0 aliphatic heterocycles. The van der Waals surface area contributed by atoms with Crippen molar-refractivity contribution in [3.8, 4) is 11.8 Å². The fraction of sp³-hybridized carbons (Fsp3) is 0.0714. The van der Waals surface area contributed by atoms with Crippen molar-refractivity contribution < 1.29 is 13.5 Å². The molecule has 0 aliphatic rings. The highest BCUT2D eigenvalue weighted by Gasteiger charge is 2.03. The van der Waals surface area contributed by atoms with Gasteiger partial charge in [0.15, 0.2) is 11.6 Å². The summed E-state index contributed by atoms with van der Waals surface area (Å²) >= 11 is 0. The van der Waals surface area contributed by atoms with Crippen LogP contribution in [0.2, 0.25) is 0 Å². The lowest BCUT2D eigenvalue weighted by Crippen LogP contribution is -1.97. The summed E-state index contributed by atoms with van der Waals surface area (Å²) in [6, 6.07) is 12.2. The molecule has 0 atom stereocenters. The van der Waals surface area contributed by atoms with E-state index in [9.17, 15) is 8.78 Å². The molecule has 0 saturated carbocycles. The molecule has 18 heavy (non-hydrogen) atoms. The Balaban J connectivity index is 2.02. The zero-order valence-corrected chi connectivity index (χ0v) is 9.36. The van der Waals surface area contributed by atoms with Crippen LogP contribution in [0, 0.1) is 23.0 Å². The van der Waals surface area contributed by atoms with Gasteiger partial charge in [0, 0.05) is 0 Å². The largest absolute Gasteiger partial charge is 0.489 e. The van der Waals surface area contributed by atoms with Gasteiger partial charge in [-0.05, 0) is 42.0 Å². The number of benzene rings is 2. The molecule has 0 amide bonds. The van der Waals surface area contributed by atoms with E-state index in [0.29, 0.717) is 16.9 Å². The zero-order chi connectivity index (χ0) is 13.0. The first-order valence-corrected chi connectivity index (χ1v) is 5.26. The van der Waals surface area contributed by atoms with Crippen LogP contribution in [-0.4, -0.2) is 0 Å². The highest BCUT2D eigenvalue weighted by molar-refractivity contribution is 5.34. The van der Waals surface area contributed by atoms with Crippen molar-refractivity contribution in [2.24, 2.45) is 0 Å². The molecule has 90 valence electrons. The number of halogens is 2. The highest BCUT2D eigenvalue weighted by atomic mass is 19.2. The van der Waals surface area contributed by atoms with Gasteiger partial charge in [-0.15, -0.1) is 0 Å². The molecule has 0 saturated heterocycles. The Morgan fingerprint density at radius 3 is 2.33 bits per heavy atom. The van der Waals surface area contributed by atoms with E-state index < -0.39 is 11.6 Å². The molecule has 0 aliphatic carbocycles. The van der Waals surface area contributed by atoms with E-state index in [4.69, 9.17) is 10.00 Å². The van der Waals surface area contributed by atoms with Gasteiger partial charge in [-0.2, -0.15) is 5.26 Å². The second kappa shape index (κ2) is 5.28. The molecular weight excluding hydrogens is 236 g/mol. The normalized spacial score (nSPS) is 9.83. The summed E-state index contributed by atoms with van der Waals surface area (Å²) in [5, 5.41) is 8.62. The number of hydrogen-bond acceptors (Lipinski definition) is 2. The fourth-order valence-electron chi connectivity index (χ4n) is 1.42. The summed E-state index contributed by atoms with van der Waals surface area (Å²) in [5.41, 5.74) is 1.08. The monoisotopic (exact) mass is 245 g/mol. The minimum absolute atomic E-state index is 0.142.